The standard InChI is InChI=1S/C33H28NO2Si/c1-37(36,28-16-9-4-10-17-28)29-22-20-27(21-23-29)33(35)34-32-19-11-18-30(26-14-7-3-8-15-26)31(32)24-25-12-5-2-6-13-25/h2-18,20-23,36H,24H2,1H3,(H,34,35). The third kappa shape index (κ3) is 5.46. The number of carbonyl (C=O) groups excluding carboxylic acids is 1. The van der Waals surface area contributed by atoms with Crippen molar-refractivity contribution in [2.24, 2.45) is 0 Å². The molecule has 37 heavy (non-hydrogen) atoms. The maximum Gasteiger partial charge on any atom is 0.255 e. The van der Waals surface area contributed by atoms with Crippen molar-refractivity contribution in [1.82, 2.24) is 0 Å². The largest absolute Gasteiger partial charge is 0.424 e. The smallest absolute Gasteiger partial charge is 0.255 e. The van der Waals surface area contributed by atoms with Gasteiger partial charge in [-0.15, -0.1) is 0 Å². The minimum Gasteiger partial charge on any atom is -0.424 e. The zero-order valence-electron chi connectivity index (χ0n) is 20.7. The van der Waals surface area contributed by atoms with Gasteiger partial charge < -0.3 is 10.1 Å². The van der Waals surface area contributed by atoms with Gasteiger partial charge in [-0.25, -0.2) is 0 Å². The summed E-state index contributed by atoms with van der Waals surface area (Å²) in [7, 11) is -2.82. The van der Waals surface area contributed by atoms with Gasteiger partial charge in [0, 0.05) is 18.1 Å². The van der Waals surface area contributed by atoms with Gasteiger partial charge in [0.15, 0.2) is 0 Å². The summed E-state index contributed by atoms with van der Waals surface area (Å²) in [4.78, 5) is 24.6. The van der Waals surface area contributed by atoms with Gasteiger partial charge in [-0.2, -0.15) is 0 Å². The first-order chi connectivity index (χ1) is 18.0. The van der Waals surface area contributed by atoms with Crippen LogP contribution in [0, 0.1) is 6.07 Å². The zero-order chi connectivity index (χ0) is 25.7. The number of benzene rings is 5. The van der Waals surface area contributed by atoms with E-state index < -0.39 is 8.32 Å². The average Bonchev–Trinajstić information content (AvgIpc) is 2.95. The zero-order valence-corrected chi connectivity index (χ0v) is 21.7. The number of amides is 1. The second-order valence-corrected chi connectivity index (χ2v) is 12.5. The normalized spacial score (nSPS) is 12.5. The molecule has 0 saturated heterocycles. The fourth-order valence-corrected chi connectivity index (χ4v) is 6.57. The van der Waals surface area contributed by atoms with Crippen molar-refractivity contribution in [3.05, 3.63) is 150 Å². The monoisotopic (exact) mass is 498 g/mol. The van der Waals surface area contributed by atoms with Gasteiger partial charge >= 0.3 is 0 Å². The molecule has 0 aliphatic carbocycles. The van der Waals surface area contributed by atoms with E-state index in [0.717, 1.165) is 32.6 Å². The Morgan fingerprint density at radius 3 is 1.97 bits per heavy atom. The van der Waals surface area contributed by atoms with Crippen molar-refractivity contribution in [1.29, 1.82) is 0 Å². The fourth-order valence-electron chi connectivity index (χ4n) is 4.58. The molecule has 0 aromatic heterocycles. The van der Waals surface area contributed by atoms with E-state index in [0.29, 0.717) is 17.7 Å². The molecular weight excluding hydrogens is 470 g/mol. The lowest BCUT2D eigenvalue weighted by Gasteiger charge is -2.21. The second kappa shape index (κ2) is 10.8. The minimum absolute atomic E-state index is 0.205. The molecule has 4 heteroatoms. The molecule has 0 aliphatic rings. The number of rotatable bonds is 7. The minimum atomic E-state index is -2.82. The lowest BCUT2D eigenvalue weighted by atomic mass is 9.93. The molecule has 181 valence electrons. The summed E-state index contributed by atoms with van der Waals surface area (Å²) < 4.78 is 0. The molecule has 1 atom stereocenters. The third-order valence-electron chi connectivity index (χ3n) is 6.70. The third-order valence-corrected chi connectivity index (χ3v) is 9.61. The van der Waals surface area contributed by atoms with Crippen molar-refractivity contribution in [2.75, 3.05) is 5.32 Å². The molecule has 0 spiro atoms. The van der Waals surface area contributed by atoms with Crippen LogP contribution in [0.15, 0.2) is 127 Å². The highest BCUT2D eigenvalue weighted by atomic mass is 28.4. The quantitative estimate of drug-likeness (QED) is 0.284. The van der Waals surface area contributed by atoms with Crippen LogP contribution in [0.3, 0.4) is 0 Å². The molecule has 0 aliphatic heterocycles. The SMILES string of the molecule is C[Si](O)(c1ccccc1)c1ccc(C(=O)Nc2[c]ccc(-c3ccccc3)c2Cc2ccccc2)cc1. The average molecular weight is 499 g/mol. The van der Waals surface area contributed by atoms with Gasteiger partial charge in [-0.05, 0) is 51.3 Å². The van der Waals surface area contributed by atoms with E-state index in [1.54, 1.807) is 12.1 Å². The molecule has 0 saturated carbocycles. The summed E-state index contributed by atoms with van der Waals surface area (Å²) in [6.07, 6.45) is 0.669. The molecule has 0 bridgehead atoms. The molecule has 1 amide bonds. The highest BCUT2D eigenvalue weighted by Crippen LogP contribution is 2.31. The molecule has 1 unspecified atom stereocenters. The molecule has 1 radical (unpaired) electrons. The Hall–Kier alpha value is -4.25. The Balaban J connectivity index is 1.44. The van der Waals surface area contributed by atoms with Crippen LogP contribution in [-0.2, 0) is 6.42 Å². The Morgan fingerprint density at radius 2 is 1.32 bits per heavy atom. The van der Waals surface area contributed by atoms with E-state index in [-0.39, 0.29) is 5.91 Å². The summed E-state index contributed by atoms with van der Waals surface area (Å²) in [5, 5.41) is 4.90. The first-order valence-corrected chi connectivity index (χ1v) is 14.8. The van der Waals surface area contributed by atoms with Crippen molar-refractivity contribution >= 4 is 30.3 Å². The molecule has 3 nitrogen and oxygen atoms in total. The molecule has 0 fully saturated rings. The summed E-state index contributed by atoms with van der Waals surface area (Å²) in [6, 6.07) is 44.6. The van der Waals surface area contributed by atoms with Crippen molar-refractivity contribution in [2.45, 2.75) is 13.0 Å². The van der Waals surface area contributed by atoms with Crippen LogP contribution in [-0.4, -0.2) is 19.0 Å². The van der Waals surface area contributed by atoms with Crippen LogP contribution in [0.1, 0.15) is 21.5 Å². The molecule has 5 aromatic carbocycles. The van der Waals surface area contributed by atoms with Gasteiger partial charge in [0.2, 0.25) is 8.32 Å². The number of hydrogen-bond acceptors (Lipinski definition) is 2. The maximum absolute atomic E-state index is 13.3. The number of carbonyl (C=O) groups is 1. The first-order valence-electron chi connectivity index (χ1n) is 12.3. The predicted molar refractivity (Wildman–Crippen MR) is 154 cm³/mol. The topological polar surface area (TPSA) is 49.3 Å². The van der Waals surface area contributed by atoms with E-state index in [1.807, 2.05) is 97.5 Å². The molecular formula is C33H28NO2Si. The number of nitrogens with one attached hydrogen (secondary N) is 1. The van der Waals surface area contributed by atoms with Crippen molar-refractivity contribution < 1.29 is 9.59 Å². The summed E-state index contributed by atoms with van der Waals surface area (Å²) in [5.74, 6) is -0.205. The Morgan fingerprint density at radius 1 is 0.757 bits per heavy atom. The summed E-state index contributed by atoms with van der Waals surface area (Å²) in [6.45, 7) is 1.90. The first kappa shape index (κ1) is 24.4. The van der Waals surface area contributed by atoms with Crippen LogP contribution in [0.5, 0.6) is 0 Å². The predicted octanol–water partition coefficient (Wildman–Crippen LogP) is 5.68. The van der Waals surface area contributed by atoms with Gasteiger partial charge in [0.1, 0.15) is 0 Å². The van der Waals surface area contributed by atoms with Crippen LogP contribution < -0.4 is 15.7 Å². The van der Waals surface area contributed by atoms with E-state index in [2.05, 4.69) is 35.6 Å². The van der Waals surface area contributed by atoms with Crippen LogP contribution in [0.25, 0.3) is 11.1 Å². The Kier molecular flexibility index (Phi) is 7.13. The van der Waals surface area contributed by atoms with Gasteiger partial charge in [0.05, 0.1) is 5.69 Å². The fraction of sp³-hybridized carbons (Fsp3) is 0.0606. The van der Waals surface area contributed by atoms with E-state index in [1.165, 1.54) is 0 Å². The van der Waals surface area contributed by atoms with Crippen molar-refractivity contribution in [3.63, 3.8) is 0 Å². The lowest BCUT2D eigenvalue weighted by molar-refractivity contribution is 0.102. The second-order valence-electron chi connectivity index (χ2n) is 9.24. The van der Waals surface area contributed by atoms with Crippen LogP contribution >= 0.6 is 0 Å². The van der Waals surface area contributed by atoms with Crippen LogP contribution in [0.4, 0.5) is 5.69 Å². The summed E-state index contributed by atoms with van der Waals surface area (Å²) >= 11 is 0. The Labute approximate surface area is 219 Å². The van der Waals surface area contributed by atoms with E-state index in [9.17, 15) is 9.59 Å². The van der Waals surface area contributed by atoms with Crippen molar-refractivity contribution in [3.8, 4) is 11.1 Å². The molecule has 5 aromatic rings. The highest BCUT2D eigenvalue weighted by Gasteiger charge is 2.29. The van der Waals surface area contributed by atoms with E-state index >= 15 is 0 Å². The highest BCUT2D eigenvalue weighted by molar-refractivity contribution is 6.95. The van der Waals surface area contributed by atoms with Gasteiger partial charge in [0.25, 0.3) is 5.91 Å². The van der Waals surface area contributed by atoms with E-state index in [4.69, 9.17) is 0 Å². The Bertz CT molecular complexity index is 1480. The summed E-state index contributed by atoms with van der Waals surface area (Å²) in [5.41, 5.74) is 5.54. The van der Waals surface area contributed by atoms with Gasteiger partial charge in [-0.3, -0.25) is 4.79 Å². The lowest BCUT2D eigenvalue weighted by Crippen LogP contribution is -2.55. The molecule has 0 heterocycles. The maximum atomic E-state index is 13.3. The molecule has 5 rings (SSSR count). The number of anilines is 1. The number of hydrogen-bond donors (Lipinski definition) is 2. The molecule has 2 N–H and O–H groups in total. The van der Waals surface area contributed by atoms with Gasteiger partial charge in [-0.1, -0.05) is 115 Å². The van der Waals surface area contributed by atoms with Crippen LogP contribution in [0.2, 0.25) is 6.55 Å².